The molecule has 0 aromatic carbocycles. The van der Waals surface area contributed by atoms with Crippen LogP contribution in [0.1, 0.15) is 67.2 Å². The molecular weight excluding hydrogens is 270 g/mol. The molecule has 4 rings (SSSR count). The summed E-state index contributed by atoms with van der Waals surface area (Å²) in [6.45, 7) is 15.0. The van der Waals surface area contributed by atoms with Crippen molar-refractivity contribution in [3.8, 4) is 0 Å². The van der Waals surface area contributed by atoms with Crippen LogP contribution in [-0.2, 0) is 4.79 Å². The predicted molar refractivity (Wildman–Crippen MR) is 91.7 cm³/mol. The first-order chi connectivity index (χ1) is 10.0. The molecule has 0 amide bonds. The van der Waals surface area contributed by atoms with Gasteiger partial charge in [0.05, 0.1) is 0 Å². The molecule has 0 aromatic rings. The fraction of sp³-hybridized carbons (Fsp3) is 0.950. The predicted octanol–water partition coefficient (Wildman–Crippen LogP) is 4.38. The van der Waals surface area contributed by atoms with Gasteiger partial charge in [-0.25, -0.2) is 0 Å². The summed E-state index contributed by atoms with van der Waals surface area (Å²) in [5.41, 5.74) is 0.548. The van der Waals surface area contributed by atoms with Crippen molar-refractivity contribution in [2.24, 2.45) is 34.0 Å². The Kier molecular flexibility index (Phi) is 3.61. The fourth-order valence-corrected chi connectivity index (χ4v) is 5.86. The number of hydrogen-bond acceptors (Lipinski definition) is 2. The first kappa shape index (κ1) is 16.5. The Balaban J connectivity index is 1.80. The minimum atomic E-state index is 0.176. The first-order valence-corrected chi connectivity index (χ1v) is 9.24. The van der Waals surface area contributed by atoms with Crippen LogP contribution < -0.4 is 0 Å². The second kappa shape index (κ2) is 4.82. The molecule has 2 heteroatoms. The largest absolute Gasteiger partial charge is 0.303 e. The average molecular weight is 306 g/mol. The molecule has 126 valence electrons. The number of carbonyl (C=O) groups excluding carboxylic acids is 1. The lowest BCUT2D eigenvalue weighted by atomic mass is 9.68. The number of carbonyl (C=O) groups is 1. The van der Waals surface area contributed by atoms with Gasteiger partial charge in [0.25, 0.3) is 0 Å². The van der Waals surface area contributed by atoms with Crippen LogP contribution in [0.15, 0.2) is 0 Å². The highest BCUT2D eigenvalue weighted by Gasteiger charge is 2.69. The van der Waals surface area contributed by atoms with Crippen molar-refractivity contribution in [1.82, 2.24) is 4.90 Å². The first-order valence-electron chi connectivity index (χ1n) is 9.24. The van der Waals surface area contributed by atoms with Crippen molar-refractivity contribution < 1.29 is 4.79 Å². The molecule has 0 radical (unpaired) electrons. The van der Waals surface area contributed by atoms with Gasteiger partial charge >= 0.3 is 0 Å². The molecule has 2 aliphatic heterocycles. The van der Waals surface area contributed by atoms with E-state index in [1.54, 1.807) is 0 Å². The van der Waals surface area contributed by atoms with E-state index in [0.29, 0.717) is 11.8 Å². The van der Waals surface area contributed by atoms with Gasteiger partial charge in [-0.05, 0) is 54.9 Å². The second-order valence-electron chi connectivity index (χ2n) is 10.1. The Morgan fingerprint density at radius 1 is 1.05 bits per heavy atom. The summed E-state index contributed by atoms with van der Waals surface area (Å²) in [7, 11) is 2.28. The Hall–Kier alpha value is -0.370. The topological polar surface area (TPSA) is 20.3 Å². The molecule has 2 saturated carbocycles. The maximum Gasteiger partial charge on any atom is 0.140 e. The minimum absolute atomic E-state index is 0.176. The molecule has 2 heterocycles. The number of piperidine rings is 1. The second-order valence-corrected chi connectivity index (χ2v) is 10.1. The average Bonchev–Trinajstić information content (AvgIpc) is 2.92. The minimum Gasteiger partial charge on any atom is -0.303 e. The van der Waals surface area contributed by atoms with E-state index in [1.165, 1.54) is 32.2 Å². The number of ketones is 1. The van der Waals surface area contributed by atoms with Gasteiger partial charge in [-0.2, -0.15) is 0 Å². The Bertz CT molecular complexity index is 466. The van der Waals surface area contributed by atoms with Crippen LogP contribution >= 0.6 is 0 Å². The highest BCUT2D eigenvalue weighted by Crippen LogP contribution is 2.70. The lowest BCUT2D eigenvalue weighted by Gasteiger charge is -2.36. The highest BCUT2D eigenvalue weighted by atomic mass is 16.1. The lowest BCUT2D eigenvalue weighted by molar-refractivity contribution is -0.129. The van der Waals surface area contributed by atoms with E-state index in [9.17, 15) is 4.79 Å². The molecule has 2 nitrogen and oxygen atoms in total. The highest BCUT2D eigenvalue weighted by molar-refractivity contribution is 5.88. The normalized spacial score (nSPS) is 42.0. The monoisotopic (exact) mass is 305 g/mol. The number of Topliss-reactive ketones (excluding diaryl/α,β-unsaturated/α-hetero) is 1. The van der Waals surface area contributed by atoms with Crippen molar-refractivity contribution in [3.05, 3.63) is 0 Å². The zero-order chi connectivity index (χ0) is 16.5. The Morgan fingerprint density at radius 2 is 1.64 bits per heavy atom. The molecule has 0 aromatic heterocycles. The van der Waals surface area contributed by atoms with Crippen LogP contribution in [0.4, 0.5) is 0 Å². The lowest BCUT2D eigenvalue weighted by Crippen LogP contribution is -2.39. The van der Waals surface area contributed by atoms with E-state index in [1.807, 2.05) is 0 Å². The molecule has 4 aliphatic rings. The number of fused-ring (bicyclic) bond motifs is 4. The van der Waals surface area contributed by atoms with Crippen molar-refractivity contribution in [3.63, 3.8) is 0 Å². The van der Waals surface area contributed by atoms with E-state index in [0.717, 1.165) is 5.92 Å². The van der Waals surface area contributed by atoms with Gasteiger partial charge in [0, 0.05) is 24.4 Å². The molecule has 4 fully saturated rings. The third-order valence-corrected chi connectivity index (χ3v) is 8.31. The van der Waals surface area contributed by atoms with Gasteiger partial charge in [0.2, 0.25) is 0 Å². The van der Waals surface area contributed by atoms with Crippen LogP contribution in [0.5, 0.6) is 0 Å². The fourth-order valence-electron chi connectivity index (χ4n) is 5.86. The number of rotatable bonds is 3. The molecular formula is C20H35NO. The molecule has 2 aliphatic carbocycles. The molecule has 2 saturated heterocycles. The third kappa shape index (κ3) is 2.20. The van der Waals surface area contributed by atoms with Crippen LogP contribution in [0, 0.1) is 34.0 Å². The van der Waals surface area contributed by atoms with Gasteiger partial charge in [0.1, 0.15) is 5.78 Å². The Morgan fingerprint density at radius 3 is 2.14 bits per heavy atom. The molecule has 4 atom stereocenters. The van der Waals surface area contributed by atoms with Crippen molar-refractivity contribution >= 4 is 5.78 Å². The summed E-state index contributed by atoms with van der Waals surface area (Å²) < 4.78 is 0. The Labute approximate surface area is 137 Å². The summed E-state index contributed by atoms with van der Waals surface area (Å²) >= 11 is 0. The quantitative estimate of drug-likeness (QED) is 0.771. The van der Waals surface area contributed by atoms with Gasteiger partial charge in [-0.15, -0.1) is 0 Å². The van der Waals surface area contributed by atoms with Crippen molar-refractivity contribution in [2.75, 3.05) is 13.6 Å². The van der Waals surface area contributed by atoms with Gasteiger partial charge in [0.15, 0.2) is 0 Å². The summed E-state index contributed by atoms with van der Waals surface area (Å²) in [5.74, 6) is 1.80. The van der Waals surface area contributed by atoms with E-state index in [4.69, 9.17) is 0 Å². The van der Waals surface area contributed by atoms with E-state index < -0.39 is 0 Å². The van der Waals surface area contributed by atoms with Gasteiger partial charge in [-0.3, -0.25) is 4.79 Å². The standard InChI is InChI=1S/C20H35NO/c1-13(16(22)17-18(2,3)19(17,4)5)20(6)10-14-8-9-15(11-20)21(7)12-14/h13-15,17H,8-12H2,1-7H3. The van der Waals surface area contributed by atoms with Gasteiger partial charge < -0.3 is 4.90 Å². The SMILES string of the molecule is CC(C(=O)C1C(C)(C)C1(C)C)C1(C)CC2CCC(C1)N(C)C2. The van der Waals surface area contributed by atoms with Crippen LogP contribution in [-0.4, -0.2) is 30.3 Å². The maximum atomic E-state index is 13.3. The van der Waals surface area contributed by atoms with Gasteiger partial charge in [-0.1, -0.05) is 41.5 Å². The zero-order valence-corrected chi connectivity index (χ0v) is 15.7. The summed E-state index contributed by atoms with van der Waals surface area (Å²) in [6.07, 6.45) is 5.15. The maximum absolute atomic E-state index is 13.3. The van der Waals surface area contributed by atoms with E-state index in [2.05, 4.69) is 53.5 Å². The molecule has 2 bridgehead atoms. The number of nitrogens with zero attached hydrogens (tertiary/aromatic N) is 1. The summed E-state index contributed by atoms with van der Waals surface area (Å²) in [4.78, 5) is 15.8. The molecule has 0 spiro atoms. The zero-order valence-electron chi connectivity index (χ0n) is 15.7. The molecule has 4 unspecified atom stereocenters. The van der Waals surface area contributed by atoms with Crippen LogP contribution in [0.2, 0.25) is 0 Å². The molecule has 0 N–H and O–H groups in total. The van der Waals surface area contributed by atoms with Crippen molar-refractivity contribution in [1.29, 1.82) is 0 Å². The summed E-state index contributed by atoms with van der Waals surface area (Å²) in [6, 6.07) is 0.694. The van der Waals surface area contributed by atoms with Crippen molar-refractivity contribution in [2.45, 2.75) is 73.3 Å². The van der Waals surface area contributed by atoms with Crippen LogP contribution in [0.3, 0.4) is 0 Å². The number of hydrogen-bond donors (Lipinski definition) is 0. The van der Waals surface area contributed by atoms with E-state index in [-0.39, 0.29) is 28.1 Å². The van der Waals surface area contributed by atoms with E-state index >= 15 is 0 Å². The smallest absolute Gasteiger partial charge is 0.140 e. The third-order valence-electron chi connectivity index (χ3n) is 8.31. The van der Waals surface area contributed by atoms with Crippen LogP contribution in [0.25, 0.3) is 0 Å². The molecule has 22 heavy (non-hydrogen) atoms. The summed E-state index contributed by atoms with van der Waals surface area (Å²) in [5, 5.41) is 0.